The maximum Gasteiger partial charge on any atom is 0.272 e. The van der Waals surface area contributed by atoms with E-state index in [1.165, 1.54) is 11.3 Å². The lowest BCUT2D eigenvalue weighted by atomic mass is 10.3. The van der Waals surface area contributed by atoms with Crippen molar-refractivity contribution in [1.82, 2.24) is 4.98 Å². The lowest BCUT2D eigenvalue weighted by Gasteiger charge is -2.10. The van der Waals surface area contributed by atoms with Gasteiger partial charge in [-0.2, -0.15) is 0 Å². The van der Waals surface area contributed by atoms with Gasteiger partial charge in [0, 0.05) is 16.8 Å². The molecule has 8 heteroatoms. The highest BCUT2D eigenvalue weighted by Crippen LogP contribution is 2.28. The number of halogens is 4. The van der Waals surface area contributed by atoms with Crippen LogP contribution in [-0.4, -0.2) is 18.0 Å². The molecule has 0 fully saturated rings. The van der Waals surface area contributed by atoms with Crippen molar-refractivity contribution < 1.29 is 13.5 Å². The van der Waals surface area contributed by atoms with Crippen LogP contribution in [0.5, 0.6) is 5.75 Å². The number of alkyl halides is 2. The fourth-order valence-corrected chi connectivity index (χ4v) is 2.59. The molecule has 1 aromatic carbocycles. The molecule has 0 saturated heterocycles. The monoisotopic (exact) mass is 338 g/mol. The fourth-order valence-electron chi connectivity index (χ4n) is 1.44. The van der Waals surface area contributed by atoms with Gasteiger partial charge >= 0.3 is 0 Å². The van der Waals surface area contributed by atoms with Crippen LogP contribution in [0.2, 0.25) is 9.49 Å². The lowest BCUT2D eigenvalue weighted by molar-refractivity contribution is 0.0819. The molecule has 1 aromatic heterocycles. The van der Waals surface area contributed by atoms with E-state index in [9.17, 15) is 8.78 Å². The Morgan fingerprint density at radius 3 is 2.75 bits per heavy atom. The molecule has 0 aliphatic heterocycles. The first-order valence-corrected chi connectivity index (χ1v) is 7.16. The third-order valence-corrected chi connectivity index (χ3v) is 3.70. The summed E-state index contributed by atoms with van der Waals surface area (Å²) in [5.41, 5.74) is 0.754. The van der Waals surface area contributed by atoms with Gasteiger partial charge < -0.3 is 10.1 Å². The van der Waals surface area contributed by atoms with Gasteiger partial charge in [-0.3, -0.25) is 0 Å². The average molecular weight is 339 g/mol. The Labute approximate surface area is 128 Å². The summed E-state index contributed by atoms with van der Waals surface area (Å²) in [5, 5.41) is 3.41. The molecule has 2 rings (SSSR count). The normalized spacial score (nSPS) is 10.8. The maximum atomic E-state index is 12.0. The molecule has 0 aliphatic rings. The molecule has 3 nitrogen and oxygen atoms in total. The molecule has 0 radical (unpaired) electrons. The van der Waals surface area contributed by atoms with Crippen molar-refractivity contribution in [3.8, 4) is 5.75 Å². The van der Waals surface area contributed by atoms with E-state index < -0.39 is 13.0 Å². The number of ether oxygens (including phenoxy) is 1. The van der Waals surface area contributed by atoms with Crippen LogP contribution in [-0.2, 0) is 6.54 Å². The summed E-state index contributed by atoms with van der Waals surface area (Å²) in [5.74, 6) is 0.235. The van der Waals surface area contributed by atoms with E-state index in [1.807, 2.05) is 0 Å². The number of hydrogen-bond acceptors (Lipinski definition) is 4. The van der Waals surface area contributed by atoms with Gasteiger partial charge in [0.25, 0.3) is 6.43 Å². The van der Waals surface area contributed by atoms with Crippen molar-refractivity contribution in [2.45, 2.75) is 13.0 Å². The number of rotatable bonds is 6. The van der Waals surface area contributed by atoms with Gasteiger partial charge in [0.15, 0.2) is 4.47 Å². The van der Waals surface area contributed by atoms with Crippen LogP contribution in [0, 0.1) is 0 Å². The second-order valence-corrected chi connectivity index (χ2v) is 5.88. The Hall–Kier alpha value is -1.11. The topological polar surface area (TPSA) is 34.1 Å². The second kappa shape index (κ2) is 7.06. The zero-order chi connectivity index (χ0) is 14.5. The van der Waals surface area contributed by atoms with Crippen LogP contribution in [0.4, 0.5) is 14.5 Å². The highest BCUT2D eigenvalue weighted by Gasteiger charge is 2.08. The van der Waals surface area contributed by atoms with E-state index in [-0.39, 0.29) is 10.8 Å². The molecular formula is C12H10Cl2F2N2OS. The molecule has 0 aliphatic carbocycles. The quantitative estimate of drug-likeness (QED) is 0.828. The average Bonchev–Trinajstić information content (AvgIpc) is 2.81. The molecule has 2 aromatic rings. The molecule has 0 spiro atoms. The smallest absolute Gasteiger partial charge is 0.272 e. The van der Waals surface area contributed by atoms with Gasteiger partial charge in [-0.1, -0.05) is 23.2 Å². The van der Waals surface area contributed by atoms with Gasteiger partial charge in [-0.25, -0.2) is 13.8 Å². The summed E-state index contributed by atoms with van der Waals surface area (Å²) in [6, 6.07) is 4.87. The molecule has 1 heterocycles. The van der Waals surface area contributed by atoms with Crippen molar-refractivity contribution in [2.75, 3.05) is 11.9 Å². The van der Waals surface area contributed by atoms with Gasteiger partial charge in [0.05, 0.1) is 11.6 Å². The van der Waals surface area contributed by atoms with Gasteiger partial charge in [-0.15, -0.1) is 11.3 Å². The van der Waals surface area contributed by atoms with Crippen LogP contribution >= 0.6 is 34.5 Å². The minimum Gasteiger partial charge on any atom is -0.486 e. The zero-order valence-electron chi connectivity index (χ0n) is 10.1. The predicted molar refractivity (Wildman–Crippen MR) is 77.4 cm³/mol. The molecule has 108 valence electrons. The molecule has 0 bridgehead atoms. The first-order valence-electron chi connectivity index (χ1n) is 5.59. The van der Waals surface area contributed by atoms with Gasteiger partial charge in [-0.05, 0) is 18.2 Å². The molecule has 0 unspecified atom stereocenters. The summed E-state index contributed by atoms with van der Waals surface area (Å²) in [6.07, 6.45) is -0.846. The number of thiazole rings is 1. The van der Waals surface area contributed by atoms with Gasteiger partial charge in [0.2, 0.25) is 0 Å². The summed E-state index contributed by atoms with van der Waals surface area (Å²) < 4.78 is 29.5. The van der Waals surface area contributed by atoms with Gasteiger partial charge in [0.1, 0.15) is 12.4 Å². The van der Waals surface area contributed by atoms with E-state index in [0.717, 1.165) is 10.6 Å². The van der Waals surface area contributed by atoms with E-state index in [2.05, 4.69) is 10.3 Å². The standard InChI is InChI=1S/C12H10Cl2F2N2OS/c13-9-3-7(1-2-10(9)19-6-11(15)16)17-4-8-5-18-12(14)20-8/h1-3,5,11,17H,4,6H2. The zero-order valence-corrected chi connectivity index (χ0v) is 12.4. The van der Waals surface area contributed by atoms with E-state index >= 15 is 0 Å². The lowest BCUT2D eigenvalue weighted by Crippen LogP contribution is -2.07. The Kier molecular flexibility index (Phi) is 5.39. The number of nitrogens with zero attached hydrogens (tertiary/aromatic N) is 1. The predicted octanol–water partition coefficient (Wildman–Crippen LogP) is 4.71. The van der Waals surface area contributed by atoms with Crippen molar-refractivity contribution in [1.29, 1.82) is 0 Å². The Bertz CT molecular complexity index is 580. The Morgan fingerprint density at radius 2 is 2.15 bits per heavy atom. The molecule has 0 atom stereocenters. The van der Waals surface area contributed by atoms with Crippen LogP contribution < -0.4 is 10.1 Å². The van der Waals surface area contributed by atoms with Crippen LogP contribution in [0.15, 0.2) is 24.4 Å². The molecular weight excluding hydrogens is 329 g/mol. The third kappa shape index (κ3) is 4.47. The largest absolute Gasteiger partial charge is 0.486 e. The number of aromatic nitrogens is 1. The highest BCUT2D eigenvalue weighted by molar-refractivity contribution is 7.15. The second-order valence-electron chi connectivity index (χ2n) is 3.78. The van der Waals surface area contributed by atoms with Crippen LogP contribution in [0.1, 0.15) is 4.88 Å². The summed E-state index contributed by atoms with van der Waals surface area (Å²) in [7, 11) is 0. The van der Waals surface area contributed by atoms with Crippen molar-refractivity contribution in [3.63, 3.8) is 0 Å². The number of hydrogen-bond donors (Lipinski definition) is 1. The minimum absolute atomic E-state index is 0.235. The highest BCUT2D eigenvalue weighted by atomic mass is 35.5. The molecule has 0 amide bonds. The van der Waals surface area contributed by atoms with E-state index in [1.54, 1.807) is 24.4 Å². The van der Waals surface area contributed by atoms with E-state index in [0.29, 0.717) is 11.0 Å². The van der Waals surface area contributed by atoms with E-state index in [4.69, 9.17) is 27.9 Å². The van der Waals surface area contributed by atoms with Crippen LogP contribution in [0.25, 0.3) is 0 Å². The van der Waals surface area contributed by atoms with Crippen molar-refractivity contribution in [3.05, 3.63) is 38.8 Å². The third-order valence-electron chi connectivity index (χ3n) is 2.29. The first kappa shape index (κ1) is 15.3. The molecule has 0 saturated carbocycles. The summed E-state index contributed by atoms with van der Waals surface area (Å²) >= 11 is 13.1. The molecule has 1 N–H and O–H groups in total. The maximum absolute atomic E-state index is 12.0. The Balaban J connectivity index is 1.94. The minimum atomic E-state index is -2.53. The SMILES string of the molecule is FC(F)COc1ccc(NCc2cnc(Cl)s2)cc1Cl. The van der Waals surface area contributed by atoms with Crippen molar-refractivity contribution >= 4 is 40.2 Å². The summed E-state index contributed by atoms with van der Waals surface area (Å²) in [4.78, 5) is 4.90. The number of benzene rings is 1. The number of anilines is 1. The molecule has 20 heavy (non-hydrogen) atoms. The number of nitrogens with one attached hydrogen (secondary N) is 1. The van der Waals surface area contributed by atoms with Crippen LogP contribution in [0.3, 0.4) is 0 Å². The Morgan fingerprint density at radius 1 is 1.35 bits per heavy atom. The van der Waals surface area contributed by atoms with Crippen molar-refractivity contribution in [2.24, 2.45) is 0 Å². The first-order chi connectivity index (χ1) is 9.54. The summed E-state index contributed by atoms with van der Waals surface area (Å²) in [6.45, 7) is -0.121. The fraction of sp³-hybridized carbons (Fsp3) is 0.250.